The van der Waals surface area contributed by atoms with E-state index in [0.717, 1.165) is 0 Å². The first kappa shape index (κ1) is 16.4. The number of benzene rings is 2. The topological polar surface area (TPSA) is 107 Å². The molecule has 0 radical (unpaired) electrons. The summed E-state index contributed by atoms with van der Waals surface area (Å²) in [5, 5.41) is 7.23. The van der Waals surface area contributed by atoms with Crippen molar-refractivity contribution >= 4 is 28.4 Å². The highest BCUT2D eigenvalue weighted by atomic mass is 16.2. The minimum atomic E-state index is -0.607. The van der Waals surface area contributed by atoms with Crippen LogP contribution in [0.3, 0.4) is 0 Å². The highest BCUT2D eigenvalue weighted by Crippen LogP contribution is 2.12. The molecular formula is C18H16N4O3. The molecule has 0 fully saturated rings. The minimum Gasteiger partial charge on any atom is -0.366 e. The number of para-hydroxylation sites is 1. The number of carbonyl (C=O) groups excluding carboxylic acids is 2. The van der Waals surface area contributed by atoms with Crippen molar-refractivity contribution in [1.29, 1.82) is 0 Å². The summed E-state index contributed by atoms with van der Waals surface area (Å²) < 4.78 is 1.61. The predicted molar refractivity (Wildman–Crippen MR) is 94.6 cm³/mol. The van der Waals surface area contributed by atoms with Gasteiger partial charge in [-0.2, -0.15) is 5.10 Å². The van der Waals surface area contributed by atoms with Gasteiger partial charge in [0.2, 0.25) is 11.3 Å². The van der Waals surface area contributed by atoms with Gasteiger partial charge in [-0.1, -0.05) is 12.1 Å². The van der Waals surface area contributed by atoms with Gasteiger partial charge in [-0.3, -0.25) is 19.1 Å². The summed E-state index contributed by atoms with van der Waals surface area (Å²) >= 11 is 0. The lowest BCUT2D eigenvalue weighted by Crippen LogP contribution is -2.27. The number of anilines is 1. The van der Waals surface area contributed by atoms with Crippen molar-refractivity contribution in [3.63, 3.8) is 0 Å². The van der Waals surface area contributed by atoms with Crippen LogP contribution >= 0.6 is 0 Å². The Labute approximate surface area is 143 Å². The van der Waals surface area contributed by atoms with Crippen LogP contribution in [-0.2, 0) is 6.54 Å². The molecule has 0 saturated heterocycles. The van der Waals surface area contributed by atoms with E-state index in [2.05, 4.69) is 10.4 Å². The highest BCUT2D eigenvalue weighted by molar-refractivity contribution is 6.04. The maximum Gasteiger partial charge on any atom is 0.280 e. The van der Waals surface area contributed by atoms with Crippen LogP contribution in [-0.4, -0.2) is 21.6 Å². The van der Waals surface area contributed by atoms with Crippen molar-refractivity contribution in [3.05, 3.63) is 70.0 Å². The molecule has 3 N–H and O–H groups in total. The van der Waals surface area contributed by atoms with Crippen LogP contribution in [0.15, 0.2) is 53.3 Å². The molecule has 0 saturated carbocycles. The Hall–Kier alpha value is -3.48. The molecule has 2 aromatic carbocycles. The van der Waals surface area contributed by atoms with E-state index in [9.17, 15) is 14.4 Å². The number of nitrogens with zero attached hydrogens (tertiary/aromatic N) is 2. The Morgan fingerprint density at radius 3 is 2.44 bits per heavy atom. The van der Waals surface area contributed by atoms with E-state index in [0.29, 0.717) is 28.7 Å². The molecule has 2 amide bonds. The second-order valence-corrected chi connectivity index (χ2v) is 5.41. The highest BCUT2D eigenvalue weighted by Gasteiger charge is 2.17. The smallest absolute Gasteiger partial charge is 0.280 e. The van der Waals surface area contributed by atoms with Crippen molar-refractivity contribution in [2.45, 2.75) is 13.5 Å². The number of hydrogen-bond donors (Lipinski definition) is 2. The van der Waals surface area contributed by atoms with Gasteiger partial charge in [-0.25, -0.2) is 0 Å². The molecule has 1 heterocycles. The van der Waals surface area contributed by atoms with Crippen LogP contribution in [0.1, 0.15) is 27.8 Å². The quantitative estimate of drug-likeness (QED) is 0.757. The summed E-state index contributed by atoms with van der Waals surface area (Å²) in [6, 6.07) is 13.1. The predicted octanol–water partition coefficient (Wildman–Crippen LogP) is 1.77. The first-order chi connectivity index (χ1) is 12.0. The van der Waals surface area contributed by atoms with Gasteiger partial charge in [0.25, 0.3) is 5.91 Å². The molecule has 0 aliphatic rings. The van der Waals surface area contributed by atoms with E-state index >= 15 is 0 Å². The third kappa shape index (κ3) is 3.12. The number of nitrogens with one attached hydrogen (secondary N) is 1. The van der Waals surface area contributed by atoms with E-state index in [1.807, 2.05) is 13.0 Å². The van der Waals surface area contributed by atoms with Gasteiger partial charge < -0.3 is 11.1 Å². The Morgan fingerprint density at radius 1 is 1.12 bits per heavy atom. The maximum atomic E-state index is 12.6. The molecule has 3 rings (SSSR count). The molecule has 3 aromatic rings. The number of aromatic nitrogens is 2. The van der Waals surface area contributed by atoms with Crippen LogP contribution in [0.25, 0.3) is 10.9 Å². The van der Waals surface area contributed by atoms with Gasteiger partial charge in [0, 0.05) is 23.2 Å². The summed E-state index contributed by atoms with van der Waals surface area (Å²) in [5.41, 5.74) is 6.02. The van der Waals surface area contributed by atoms with Gasteiger partial charge in [-0.05, 0) is 43.3 Å². The fourth-order valence-corrected chi connectivity index (χ4v) is 2.54. The third-order valence-electron chi connectivity index (χ3n) is 3.80. The number of fused-ring (bicyclic) bond motifs is 1. The Kier molecular flexibility index (Phi) is 4.30. The lowest BCUT2D eigenvalue weighted by molar-refractivity contribution is 0.0997. The average Bonchev–Trinajstić information content (AvgIpc) is 2.62. The van der Waals surface area contributed by atoms with Crippen molar-refractivity contribution in [2.75, 3.05) is 5.32 Å². The summed E-state index contributed by atoms with van der Waals surface area (Å²) in [6.07, 6.45) is 0. The van der Waals surface area contributed by atoms with E-state index in [4.69, 9.17) is 5.73 Å². The van der Waals surface area contributed by atoms with E-state index < -0.39 is 17.2 Å². The van der Waals surface area contributed by atoms with Gasteiger partial charge in [0.1, 0.15) is 0 Å². The zero-order chi connectivity index (χ0) is 18.0. The number of hydrogen-bond acceptors (Lipinski definition) is 4. The zero-order valence-corrected chi connectivity index (χ0v) is 13.5. The monoisotopic (exact) mass is 336 g/mol. The van der Waals surface area contributed by atoms with Gasteiger partial charge in [0.05, 0.1) is 5.52 Å². The summed E-state index contributed by atoms with van der Waals surface area (Å²) in [4.78, 5) is 36.1. The number of aryl methyl sites for hydroxylation is 1. The van der Waals surface area contributed by atoms with E-state index in [1.165, 1.54) is 24.3 Å². The van der Waals surface area contributed by atoms with Gasteiger partial charge in [0.15, 0.2) is 5.69 Å². The largest absolute Gasteiger partial charge is 0.366 e. The second-order valence-electron chi connectivity index (χ2n) is 5.41. The summed E-state index contributed by atoms with van der Waals surface area (Å²) in [6.45, 7) is 2.41. The Balaban J connectivity index is 1.98. The van der Waals surface area contributed by atoms with E-state index in [1.54, 1.807) is 22.9 Å². The third-order valence-corrected chi connectivity index (χ3v) is 3.80. The van der Waals surface area contributed by atoms with Crippen LogP contribution in [0.4, 0.5) is 5.69 Å². The van der Waals surface area contributed by atoms with Crippen molar-refractivity contribution in [3.8, 4) is 0 Å². The molecule has 0 atom stereocenters. The zero-order valence-electron chi connectivity index (χ0n) is 13.5. The molecule has 1 aromatic heterocycles. The van der Waals surface area contributed by atoms with Crippen LogP contribution in [0, 0.1) is 0 Å². The molecule has 7 heteroatoms. The molecule has 7 nitrogen and oxygen atoms in total. The first-order valence-electron chi connectivity index (χ1n) is 7.72. The number of amides is 2. The number of nitrogens with two attached hydrogens (primary N) is 1. The fraction of sp³-hybridized carbons (Fsp3) is 0.111. The second kappa shape index (κ2) is 6.56. The molecule has 25 heavy (non-hydrogen) atoms. The molecule has 0 bridgehead atoms. The summed E-state index contributed by atoms with van der Waals surface area (Å²) in [5.74, 6) is -1.16. The van der Waals surface area contributed by atoms with Crippen molar-refractivity contribution in [2.24, 2.45) is 5.73 Å². The first-order valence-corrected chi connectivity index (χ1v) is 7.72. The minimum absolute atomic E-state index is 0.181. The van der Waals surface area contributed by atoms with Crippen LogP contribution in [0.5, 0.6) is 0 Å². The van der Waals surface area contributed by atoms with Gasteiger partial charge in [-0.15, -0.1) is 0 Å². The van der Waals surface area contributed by atoms with E-state index in [-0.39, 0.29) is 5.69 Å². The molecule has 0 aliphatic heterocycles. The maximum absolute atomic E-state index is 12.6. The van der Waals surface area contributed by atoms with Crippen molar-refractivity contribution in [1.82, 2.24) is 9.78 Å². The molecule has 0 aliphatic carbocycles. The fourth-order valence-electron chi connectivity index (χ4n) is 2.54. The van der Waals surface area contributed by atoms with Gasteiger partial charge >= 0.3 is 0 Å². The molecular weight excluding hydrogens is 320 g/mol. The lowest BCUT2D eigenvalue weighted by Gasteiger charge is -2.10. The van der Waals surface area contributed by atoms with Crippen LogP contribution < -0.4 is 16.5 Å². The standard InChI is InChI=1S/C18H16N4O3/c1-2-22-14-6-4-3-5-13(14)16(23)15(21-22)18(25)20-12-9-7-11(8-10-12)17(19)24/h3-10H,2H2,1H3,(H2,19,24)(H,20,25). The number of primary amides is 1. The molecule has 0 spiro atoms. The molecule has 126 valence electrons. The van der Waals surface area contributed by atoms with Crippen LogP contribution in [0.2, 0.25) is 0 Å². The molecule has 0 unspecified atom stereocenters. The number of carbonyl (C=O) groups is 2. The summed E-state index contributed by atoms with van der Waals surface area (Å²) in [7, 11) is 0. The lowest BCUT2D eigenvalue weighted by atomic mass is 10.1. The normalized spacial score (nSPS) is 10.6. The Morgan fingerprint density at radius 2 is 1.80 bits per heavy atom. The Bertz CT molecular complexity index is 1020. The average molecular weight is 336 g/mol. The SMILES string of the molecule is CCn1nc(C(=O)Nc2ccc(C(N)=O)cc2)c(=O)c2ccccc21. The number of rotatable bonds is 4. The van der Waals surface area contributed by atoms with Crippen molar-refractivity contribution < 1.29 is 9.59 Å².